The minimum absolute atomic E-state index is 0.388. The Morgan fingerprint density at radius 1 is 1.20 bits per heavy atom. The molecule has 0 fully saturated rings. The molecule has 0 atom stereocenters. The summed E-state index contributed by atoms with van der Waals surface area (Å²) in [5.74, 6) is -0.388. The van der Waals surface area contributed by atoms with Crippen molar-refractivity contribution in [2.45, 2.75) is 40.0 Å². The molecule has 3 nitrogen and oxygen atoms in total. The van der Waals surface area contributed by atoms with E-state index in [1.807, 2.05) is 12.1 Å². The van der Waals surface area contributed by atoms with Crippen LogP contribution in [0.25, 0.3) is 5.69 Å². The van der Waals surface area contributed by atoms with E-state index in [1.165, 1.54) is 29.8 Å². The largest absolute Gasteiger partial charge is 0.366 e. The molecule has 106 valence electrons. The number of benzene rings is 1. The molecule has 0 bridgehead atoms. The molecule has 3 heteroatoms. The van der Waals surface area contributed by atoms with Gasteiger partial charge in [-0.15, -0.1) is 0 Å². The van der Waals surface area contributed by atoms with Crippen LogP contribution in [-0.2, 0) is 6.42 Å². The second kappa shape index (κ2) is 5.95. The van der Waals surface area contributed by atoms with Crippen LogP contribution in [0, 0.1) is 13.8 Å². The Hall–Kier alpha value is -2.03. The van der Waals surface area contributed by atoms with Gasteiger partial charge in [-0.3, -0.25) is 4.79 Å². The van der Waals surface area contributed by atoms with E-state index in [1.54, 1.807) is 12.1 Å². The van der Waals surface area contributed by atoms with Gasteiger partial charge in [0, 0.05) is 22.6 Å². The molecule has 0 unspecified atom stereocenters. The van der Waals surface area contributed by atoms with Crippen LogP contribution in [0.3, 0.4) is 0 Å². The van der Waals surface area contributed by atoms with Crippen LogP contribution < -0.4 is 5.73 Å². The van der Waals surface area contributed by atoms with Crippen LogP contribution in [0.4, 0.5) is 0 Å². The topological polar surface area (TPSA) is 48.0 Å². The fourth-order valence-electron chi connectivity index (χ4n) is 2.62. The van der Waals surface area contributed by atoms with E-state index in [-0.39, 0.29) is 5.91 Å². The highest BCUT2D eigenvalue weighted by molar-refractivity contribution is 5.92. The summed E-state index contributed by atoms with van der Waals surface area (Å²) in [6, 6.07) is 9.71. The Kier molecular flexibility index (Phi) is 4.28. The maximum absolute atomic E-state index is 11.1. The molecule has 2 N–H and O–H groups in total. The van der Waals surface area contributed by atoms with E-state index in [9.17, 15) is 4.79 Å². The van der Waals surface area contributed by atoms with Crippen LogP contribution in [-0.4, -0.2) is 10.5 Å². The van der Waals surface area contributed by atoms with Crippen molar-refractivity contribution >= 4 is 5.91 Å². The fourth-order valence-corrected chi connectivity index (χ4v) is 2.62. The van der Waals surface area contributed by atoms with E-state index < -0.39 is 0 Å². The summed E-state index contributed by atoms with van der Waals surface area (Å²) in [6.45, 7) is 6.48. The highest BCUT2D eigenvalue weighted by atomic mass is 16.1. The van der Waals surface area contributed by atoms with Gasteiger partial charge in [-0.25, -0.2) is 0 Å². The van der Waals surface area contributed by atoms with Crippen molar-refractivity contribution in [3.63, 3.8) is 0 Å². The van der Waals surface area contributed by atoms with Crippen molar-refractivity contribution in [2.24, 2.45) is 5.73 Å². The Bertz CT molecular complexity index is 609. The predicted molar refractivity (Wildman–Crippen MR) is 82.4 cm³/mol. The van der Waals surface area contributed by atoms with Crippen LogP contribution >= 0.6 is 0 Å². The SMILES string of the molecule is CCCCc1cc(C)n(-c2ccc(C(N)=O)cc2)c1C. The molecular weight excluding hydrogens is 248 g/mol. The van der Waals surface area contributed by atoms with E-state index >= 15 is 0 Å². The van der Waals surface area contributed by atoms with Crippen LogP contribution in [0.1, 0.15) is 47.1 Å². The van der Waals surface area contributed by atoms with Crippen molar-refractivity contribution in [2.75, 3.05) is 0 Å². The summed E-state index contributed by atoms with van der Waals surface area (Å²) in [4.78, 5) is 11.1. The molecule has 0 saturated heterocycles. The summed E-state index contributed by atoms with van der Waals surface area (Å²) in [6.07, 6.45) is 3.54. The zero-order valence-corrected chi connectivity index (χ0v) is 12.4. The smallest absolute Gasteiger partial charge is 0.248 e. The van der Waals surface area contributed by atoms with Gasteiger partial charge in [0.15, 0.2) is 0 Å². The second-order valence-electron chi connectivity index (χ2n) is 5.25. The summed E-state index contributed by atoms with van der Waals surface area (Å²) in [5.41, 5.74) is 10.8. The van der Waals surface area contributed by atoms with Gasteiger partial charge in [-0.05, 0) is 62.6 Å². The molecule has 0 spiro atoms. The molecule has 0 saturated carbocycles. The molecule has 0 aliphatic rings. The number of hydrogen-bond acceptors (Lipinski definition) is 1. The number of nitrogens with zero attached hydrogens (tertiary/aromatic N) is 1. The van der Waals surface area contributed by atoms with E-state index in [2.05, 4.69) is 31.4 Å². The maximum atomic E-state index is 11.1. The Labute approximate surface area is 120 Å². The first kappa shape index (κ1) is 14.4. The number of hydrogen-bond donors (Lipinski definition) is 1. The van der Waals surface area contributed by atoms with Crippen LogP contribution in [0.15, 0.2) is 30.3 Å². The third-order valence-corrected chi connectivity index (χ3v) is 3.75. The van der Waals surface area contributed by atoms with Gasteiger partial charge in [0.05, 0.1) is 0 Å². The van der Waals surface area contributed by atoms with E-state index in [0.29, 0.717) is 5.56 Å². The molecule has 1 amide bonds. The molecule has 0 aliphatic carbocycles. The lowest BCUT2D eigenvalue weighted by Crippen LogP contribution is -2.10. The molecule has 2 aromatic rings. The molecule has 0 aliphatic heterocycles. The van der Waals surface area contributed by atoms with Gasteiger partial charge in [-0.2, -0.15) is 0 Å². The van der Waals surface area contributed by atoms with Gasteiger partial charge in [0.1, 0.15) is 0 Å². The zero-order chi connectivity index (χ0) is 14.7. The van der Waals surface area contributed by atoms with Gasteiger partial charge in [-0.1, -0.05) is 13.3 Å². The normalized spacial score (nSPS) is 10.8. The summed E-state index contributed by atoms with van der Waals surface area (Å²) in [7, 11) is 0. The van der Waals surface area contributed by atoms with Crippen molar-refractivity contribution in [3.05, 3.63) is 52.8 Å². The Morgan fingerprint density at radius 3 is 2.40 bits per heavy atom. The average Bonchev–Trinajstić information content (AvgIpc) is 2.71. The number of amides is 1. The molecular formula is C17H22N2O. The first-order valence-corrected chi connectivity index (χ1v) is 7.12. The third-order valence-electron chi connectivity index (χ3n) is 3.75. The first-order valence-electron chi connectivity index (χ1n) is 7.12. The zero-order valence-electron chi connectivity index (χ0n) is 12.4. The van der Waals surface area contributed by atoms with Crippen molar-refractivity contribution < 1.29 is 4.79 Å². The van der Waals surface area contributed by atoms with Crippen LogP contribution in [0.2, 0.25) is 0 Å². The highest BCUT2D eigenvalue weighted by Gasteiger charge is 2.10. The summed E-state index contributed by atoms with van der Waals surface area (Å²) in [5, 5.41) is 0. The predicted octanol–water partition coefficient (Wildman–Crippen LogP) is 3.54. The monoisotopic (exact) mass is 270 g/mol. The van der Waals surface area contributed by atoms with E-state index in [0.717, 1.165) is 12.1 Å². The highest BCUT2D eigenvalue weighted by Crippen LogP contribution is 2.22. The number of primary amides is 1. The minimum atomic E-state index is -0.388. The van der Waals surface area contributed by atoms with Gasteiger partial charge in [0.25, 0.3) is 0 Å². The molecule has 1 aromatic carbocycles. The quantitative estimate of drug-likeness (QED) is 0.887. The van der Waals surface area contributed by atoms with Crippen molar-refractivity contribution in [3.8, 4) is 5.69 Å². The Morgan fingerprint density at radius 2 is 1.85 bits per heavy atom. The van der Waals surface area contributed by atoms with Crippen LogP contribution in [0.5, 0.6) is 0 Å². The number of nitrogens with two attached hydrogens (primary N) is 1. The summed E-state index contributed by atoms with van der Waals surface area (Å²) < 4.78 is 2.23. The number of aryl methyl sites for hydroxylation is 2. The number of unbranched alkanes of at least 4 members (excludes halogenated alkanes) is 1. The number of rotatable bonds is 5. The molecule has 1 aromatic heterocycles. The summed E-state index contributed by atoms with van der Waals surface area (Å²) >= 11 is 0. The van der Waals surface area contributed by atoms with Crippen molar-refractivity contribution in [1.82, 2.24) is 4.57 Å². The molecule has 2 rings (SSSR count). The number of aromatic nitrogens is 1. The lowest BCUT2D eigenvalue weighted by molar-refractivity contribution is 0.100. The number of carbonyl (C=O) groups is 1. The standard InChI is InChI=1S/C17H22N2O/c1-4-5-6-15-11-12(2)19(13(15)3)16-9-7-14(8-10-16)17(18)20/h7-11H,4-6H2,1-3H3,(H2,18,20). The van der Waals surface area contributed by atoms with Gasteiger partial charge >= 0.3 is 0 Å². The molecule has 20 heavy (non-hydrogen) atoms. The van der Waals surface area contributed by atoms with E-state index in [4.69, 9.17) is 5.73 Å². The first-order chi connectivity index (χ1) is 9.54. The maximum Gasteiger partial charge on any atom is 0.248 e. The number of carbonyl (C=O) groups excluding carboxylic acids is 1. The third kappa shape index (κ3) is 2.77. The molecule has 1 heterocycles. The lowest BCUT2D eigenvalue weighted by Gasteiger charge is -2.10. The Balaban J connectivity index is 2.37. The van der Waals surface area contributed by atoms with Crippen molar-refractivity contribution in [1.29, 1.82) is 0 Å². The lowest BCUT2D eigenvalue weighted by atomic mass is 10.1. The molecule has 0 radical (unpaired) electrons. The van der Waals surface area contributed by atoms with Gasteiger partial charge in [0.2, 0.25) is 5.91 Å². The average molecular weight is 270 g/mol. The second-order valence-corrected chi connectivity index (χ2v) is 5.25. The van der Waals surface area contributed by atoms with Gasteiger partial charge < -0.3 is 10.3 Å². The minimum Gasteiger partial charge on any atom is -0.366 e. The fraction of sp³-hybridized carbons (Fsp3) is 0.353.